The van der Waals surface area contributed by atoms with Crippen molar-refractivity contribution < 1.29 is 4.74 Å². The Morgan fingerprint density at radius 3 is 2.95 bits per heavy atom. The zero-order chi connectivity index (χ0) is 13.7. The molecule has 0 amide bonds. The van der Waals surface area contributed by atoms with E-state index >= 15 is 0 Å². The first-order chi connectivity index (χ1) is 9.19. The summed E-state index contributed by atoms with van der Waals surface area (Å²) in [4.78, 5) is 6.32. The average molecular weight is 282 g/mol. The van der Waals surface area contributed by atoms with Crippen LogP contribution in [0.5, 0.6) is 0 Å². The highest BCUT2D eigenvalue weighted by Gasteiger charge is 2.19. The fraction of sp³-hybridized carbons (Fsp3) is 0.800. The Kier molecular flexibility index (Phi) is 5.79. The van der Waals surface area contributed by atoms with Crippen LogP contribution >= 0.6 is 11.3 Å². The molecule has 1 N–H and O–H groups in total. The largest absolute Gasteiger partial charge is 0.381 e. The van der Waals surface area contributed by atoms with Crippen molar-refractivity contribution in [3.8, 4) is 0 Å². The number of nitrogens with zero attached hydrogens (tertiary/aromatic N) is 1. The zero-order valence-corrected chi connectivity index (χ0v) is 13.2. The standard InChI is InChI=1S/C15H26N2OS/c1-4-16-9-14-13(7-11(2)3)17-15(19-14)8-12-5-6-18-10-12/h11-12,16H,4-10H2,1-3H3. The van der Waals surface area contributed by atoms with Gasteiger partial charge >= 0.3 is 0 Å². The van der Waals surface area contributed by atoms with Crippen molar-refractivity contribution in [2.45, 2.75) is 46.6 Å². The molecular weight excluding hydrogens is 256 g/mol. The lowest BCUT2D eigenvalue weighted by molar-refractivity contribution is 0.186. The Labute approximate surface area is 120 Å². The van der Waals surface area contributed by atoms with Crippen LogP contribution in [0.2, 0.25) is 0 Å². The van der Waals surface area contributed by atoms with E-state index in [1.54, 1.807) is 0 Å². The van der Waals surface area contributed by atoms with Crippen LogP contribution in [-0.4, -0.2) is 24.7 Å². The zero-order valence-electron chi connectivity index (χ0n) is 12.4. The first-order valence-electron chi connectivity index (χ1n) is 7.45. The van der Waals surface area contributed by atoms with Gasteiger partial charge in [0.1, 0.15) is 0 Å². The minimum atomic E-state index is 0.671. The lowest BCUT2D eigenvalue weighted by Crippen LogP contribution is -2.12. The van der Waals surface area contributed by atoms with E-state index in [2.05, 4.69) is 26.1 Å². The van der Waals surface area contributed by atoms with E-state index in [1.807, 2.05) is 11.3 Å². The molecular formula is C15H26N2OS. The Bertz CT molecular complexity index is 383. The molecule has 1 unspecified atom stereocenters. The fourth-order valence-corrected chi connectivity index (χ4v) is 3.62. The molecule has 0 aromatic carbocycles. The maximum atomic E-state index is 5.46. The molecule has 3 nitrogen and oxygen atoms in total. The first-order valence-corrected chi connectivity index (χ1v) is 8.26. The molecule has 19 heavy (non-hydrogen) atoms. The van der Waals surface area contributed by atoms with Gasteiger partial charge in [-0.05, 0) is 31.2 Å². The van der Waals surface area contributed by atoms with E-state index in [9.17, 15) is 0 Å². The molecule has 0 spiro atoms. The van der Waals surface area contributed by atoms with E-state index in [1.165, 1.54) is 22.0 Å². The molecule has 4 heteroatoms. The van der Waals surface area contributed by atoms with Crippen LogP contribution in [0.3, 0.4) is 0 Å². The highest BCUT2D eigenvalue weighted by molar-refractivity contribution is 7.11. The minimum Gasteiger partial charge on any atom is -0.381 e. The summed E-state index contributed by atoms with van der Waals surface area (Å²) >= 11 is 1.90. The van der Waals surface area contributed by atoms with E-state index < -0.39 is 0 Å². The molecule has 108 valence electrons. The first kappa shape index (κ1) is 14.9. The highest BCUT2D eigenvalue weighted by Crippen LogP contribution is 2.26. The van der Waals surface area contributed by atoms with Crippen LogP contribution in [0.15, 0.2) is 0 Å². The Balaban J connectivity index is 2.03. The number of rotatable bonds is 7. The predicted molar refractivity (Wildman–Crippen MR) is 80.7 cm³/mol. The molecule has 0 bridgehead atoms. The molecule has 1 aliphatic heterocycles. The summed E-state index contributed by atoms with van der Waals surface area (Å²) in [5.41, 5.74) is 1.31. The lowest BCUT2D eigenvalue weighted by Gasteiger charge is -2.05. The second-order valence-corrected chi connectivity index (χ2v) is 6.96. The van der Waals surface area contributed by atoms with Gasteiger partial charge in [0.05, 0.1) is 10.7 Å². The normalized spacial score (nSPS) is 19.5. The predicted octanol–water partition coefficient (Wildman–Crippen LogP) is 3.03. The van der Waals surface area contributed by atoms with Crippen LogP contribution in [0.4, 0.5) is 0 Å². The van der Waals surface area contributed by atoms with Gasteiger partial charge in [0.15, 0.2) is 0 Å². The van der Waals surface area contributed by atoms with E-state index in [0.29, 0.717) is 11.8 Å². The van der Waals surface area contributed by atoms with Crippen molar-refractivity contribution >= 4 is 11.3 Å². The van der Waals surface area contributed by atoms with Gasteiger partial charge in [-0.25, -0.2) is 4.98 Å². The molecule has 1 atom stereocenters. The van der Waals surface area contributed by atoms with Crippen LogP contribution in [0.25, 0.3) is 0 Å². The number of ether oxygens (including phenoxy) is 1. The third-order valence-corrected chi connectivity index (χ3v) is 4.57. The van der Waals surface area contributed by atoms with Crippen LogP contribution in [0.1, 0.15) is 42.8 Å². The average Bonchev–Trinajstić information content (AvgIpc) is 2.97. The molecule has 1 saturated heterocycles. The summed E-state index contributed by atoms with van der Waals surface area (Å²) in [6, 6.07) is 0. The molecule has 0 aliphatic carbocycles. The smallest absolute Gasteiger partial charge is 0.0935 e. The van der Waals surface area contributed by atoms with Crippen molar-refractivity contribution in [1.29, 1.82) is 0 Å². The second kappa shape index (κ2) is 7.36. The number of hydrogen-bond acceptors (Lipinski definition) is 4. The maximum absolute atomic E-state index is 5.46. The third kappa shape index (κ3) is 4.55. The van der Waals surface area contributed by atoms with Gasteiger partial charge in [0.25, 0.3) is 0 Å². The summed E-state index contributed by atoms with van der Waals surface area (Å²) < 4.78 is 5.46. The van der Waals surface area contributed by atoms with Gasteiger partial charge in [-0.3, -0.25) is 0 Å². The molecule has 1 aromatic heterocycles. The van der Waals surface area contributed by atoms with Crippen molar-refractivity contribution in [2.75, 3.05) is 19.8 Å². The van der Waals surface area contributed by atoms with Crippen molar-refractivity contribution in [1.82, 2.24) is 10.3 Å². The molecule has 1 aliphatic rings. The number of nitrogens with one attached hydrogen (secondary N) is 1. The maximum Gasteiger partial charge on any atom is 0.0935 e. The monoisotopic (exact) mass is 282 g/mol. The third-order valence-electron chi connectivity index (χ3n) is 3.45. The quantitative estimate of drug-likeness (QED) is 0.834. The summed E-state index contributed by atoms with van der Waals surface area (Å²) in [5.74, 6) is 1.36. The van der Waals surface area contributed by atoms with Gasteiger partial charge in [0, 0.05) is 31.1 Å². The number of aromatic nitrogens is 1. The van der Waals surface area contributed by atoms with Gasteiger partial charge in [-0.15, -0.1) is 11.3 Å². The Hall–Kier alpha value is -0.450. The second-order valence-electron chi connectivity index (χ2n) is 5.79. The minimum absolute atomic E-state index is 0.671. The van der Waals surface area contributed by atoms with Gasteiger partial charge < -0.3 is 10.1 Å². The fourth-order valence-electron chi connectivity index (χ4n) is 2.44. The van der Waals surface area contributed by atoms with Crippen molar-refractivity contribution in [2.24, 2.45) is 11.8 Å². The molecule has 0 saturated carbocycles. The summed E-state index contributed by atoms with van der Waals surface area (Å²) in [6.07, 6.45) is 3.39. The summed E-state index contributed by atoms with van der Waals surface area (Å²) in [7, 11) is 0. The van der Waals surface area contributed by atoms with E-state index in [4.69, 9.17) is 9.72 Å². The molecule has 2 rings (SSSR count). The van der Waals surface area contributed by atoms with Crippen molar-refractivity contribution in [3.63, 3.8) is 0 Å². The van der Waals surface area contributed by atoms with Crippen LogP contribution in [-0.2, 0) is 24.1 Å². The van der Waals surface area contributed by atoms with Gasteiger partial charge in [-0.1, -0.05) is 20.8 Å². The SMILES string of the molecule is CCNCc1sc(CC2CCOC2)nc1CC(C)C. The van der Waals surface area contributed by atoms with Gasteiger partial charge in [-0.2, -0.15) is 0 Å². The van der Waals surface area contributed by atoms with E-state index in [0.717, 1.165) is 39.1 Å². The van der Waals surface area contributed by atoms with Crippen LogP contribution in [0, 0.1) is 11.8 Å². The molecule has 0 radical (unpaired) electrons. The summed E-state index contributed by atoms with van der Waals surface area (Å²) in [5, 5.41) is 4.74. The Morgan fingerprint density at radius 2 is 2.32 bits per heavy atom. The number of hydrogen-bond donors (Lipinski definition) is 1. The highest BCUT2D eigenvalue weighted by atomic mass is 32.1. The lowest BCUT2D eigenvalue weighted by atomic mass is 10.1. The molecule has 2 heterocycles. The molecule has 1 aromatic rings. The summed E-state index contributed by atoms with van der Waals surface area (Å²) in [6.45, 7) is 10.5. The van der Waals surface area contributed by atoms with Crippen LogP contribution < -0.4 is 5.32 Å². The topological polar surface area (TPSA) is 34.1 Å². The number of thiazole rings is 1. The van der Waals surface area contributed by atoms with Crippen molar-refractivity contribution in [3.05, 3.63) is 15.6 Å². The molecule has 1 fully saturated rings. The van der Waals surface area contributed by atoms with Gasteiger partial charge in [0.2, 0.25) is 0 Å². The van der Waals surface area contributed by atoms with E-state index in [-0.39, 0.29) is 0 Å². The Morgan fingerprint density at radius 1 is 1.47 bits per heavy atom.